The van der Waals surface area contributed by atoms with Crippen LogP contribution in [-0.2, 0) is 0 Å². The maximum Gasteiger partial charge on any atom is 0.0802 e. The van der Waals surface area contributed by atoms with E-state index in [-0.39, 0.29) is 49.6 Å². The molecule has 28 heavy (non-hydrogen) atoms. The first-order valence-corrected chi connectivity index (χ1v) is 10.0. The summed E-state index contributed by atoms with van der Waals surface area (Å²) in [5.74, 6) is 0.627. The van der Waals surface area contributed by atoms with Crippen LogP contribution in [0.25, 0.3) is 0 Å². The Labute approximate surface area is 204 Å². The molecule has 2 heterocycles. The topological polar surface area (TPSA) is 53.4 Å². The summed E-state index contributed by atoms with van der Waals surface area (Å²) in [5, 5.41) is 19.2. The quantitative estimate of drug-likeness (QED) is 0.437. The average Bonchev–Trinajstić information content (AvgIpc) is 2.62. The zero-order valence-corrected chi connectivity index (χ0v) is 20.9. The van der Waals surface area contributed by atoms with Crippen molar-refractivity contribution < 1.29 is 10.2 Å². The maximum atomic E-state index is 9.62. The van der Waals surface area contributed by atoms with E-state index in [0.717, 1.165) is 65.4 Å². The number of alkyl halides is 2. The number of nitrogens with zero attached hydrogens (tertiary/aromatic N) is 4. The molecule has 2 saturated heterocycles. The molecule has 2 rings (SSSR count). The van der Waals surface area contributed by atoms with Crippen molar-refractivity contribution in [2.45, 2.75) is 12.2 Å². The van der Waals surface area contributed by atoms with E-state index < -0.39 is 12.2 Å². The van der Waals surface area contributed by atoms with Gasteiger partial charge in [-0.15, -0.1) is 72.8 Å². The predicted molar refractivity (Wildman–Crippen MR) is 128 cm³/mol. The van der Waals surface area contributed by atoms with Crippen LogP contribution in [0.5, 0.6) is 0 Å². The van der Waals surface area contributed by atoms with Gasteiger partial charge >= 0.3 is 0 Å². The van der Waals surface area contributed by atoms with Crippen molar-refractivity contribution in [3.63, 3.8) is 0 Å². The van der Waals surface area contributed by atoms with Crippen LogP contribution >= 0.6 is 72.8 Å². The van der Waals surface area contributed by atoms with E-state index in [2.05, 4.69) is 19.6 Å². The summed E-state index contributed by atoms with van der Waals surface area (Å²) in [6, 6.07) is 0. The third-order valence-corrected chi connectivity index (χ3v) is 5.67. The molecule has 0 amide bonds. The molecule has 2 unspecified atom stereocenters. The Morgan fingerprint density at radius 2 is 0.786 bits per heavy atom. The molecule has 0 radical (unpaired) electrons. The van der Waals surface area contributed by atoms with Crippen molar-refractivity contribution in [1.29, 1.82) is 0 Å². The van der Waals surface area contributed by atoms with Crippen LogP contribution in [0.15, 0.2) is 0 Å². The van der Waals surface area contributed by atoms with Gasteiger partial charge in [0.1, 0.15) is 0 Å². The number of hydrogen-bond donors (Lipinski definition) is 2. The molecule has 0 aromatic carbocycles. The number of β-amino-alcohol motifs (C(OH)–C–C–N with tert-alkyl or cyclic N) is 2. The summed E-state index contributed by atoms with van der Waals surface area (Å²) in [7, 11) is 0. The molecule has 6 nitrogen and oxygen atoms in total. The van der Waals surface area contributed by atoms with Gasteiger partial charge < -0.3 is 10.2 Å². The van der Waals surface area contributed by atoms with Crippen molar-refractivity contribution in [2.24, 2.45) is 0 Å². The summed E-state index contributed by atoms with van der Waals surface area (Å²) in [6.07, 6.45) is -0.821. The molecule has 2 atom stereocenters. The largest absolute Gasteiger partial charge is 0.391 e. The van der Waals surface area contributed by atoms with Crippen LogP contribution in [0.4, 0.5) is 0 Å². The molecule has 2 aliphatic heterocycles. The third-order valence-electron chi connectivity index (χ3n) is 4.96. The molecule has 174 valence electrons. The highest BCUT2D eigenvalue weighted by atomic mass is 35.5. The maximum absolute atomic E-state index is 9.62. The van der Waals surface area contributed by atoms with E-state index in [1.165, 1.54) is 0 Å². The summed E-state index contributed by atoms with van der Waals surface area (Å²) in [6.45, 7) is 11.9. The number of halogens is 6. The molecular formula is C16H36Cl6N4O2. The Morgan fingerprint density at radius 1 is 0.536 bits per heavy atom. The van der Waals surface area contributed by atoms with Crippen LogP contribution in [0.3, 0.4) is 0 Å². The van der Waals surface area contributed by atoms with Gasteiger partial charge in [-0.3, -0.25) is 19.6 Å². The number of aliphatic hydroxyl groups is 2. The van der Waals surface area contributed by atoms with Gasteiger partial charge in [-0.1, -0.05) is 0 Å². The lowest BCUT2D eigenvalue weighted by atomic mass is 10.2. The second-order valence-corrected chi connectivity index (χ2v) is 7.52. The van der Waals surface area contributed by atoms with E-state index >= 15 is 0 Å². The number of aliphatic hydroxyl groups excluding tert-OH is 2. The van der Waals surface area contributed by atoms with Gasteiger partial charge in [0.2, 0.25) is 0 Å². The zero-order chi connectivity index (χ0) is 17.4. The summed E-state index contributed by atoms with van der Waals surface area (Å²) < 4.78 is 0. The van der Waals surface area contributed by atoms with Crippen LogP contribution in [0.2, 0.25) is 0 Å². The fourth-order valence-corrected chi connectivity index (χ4v) is 3.56. The molecule has 0 aromatic heterocycles. The highest BCUT2D eigenvalue weighted by Crippen LogP contribution is 2.06. The number of rotatable bonds is 9. The normalized spacial score (nSPS) is 21.4. The first-order valence-electron chi connectivity index (χ1n) is 8.98. The van der Waals surface area contributed by atoms with E-state index in [1.54, 1.807) is 0 Å². The standard InChI is InChI=1S/C16H32Cl2N4O2.4ClH/c17-11-15(23)13-21-7-3-19(4-8-21)1-2-20-5-9-22(10-6-20)14-16(24)12-18;;;;/h15-16,23-24H,1-14H2;4*1H. The predicted octanol–water partition coefficient (Wildman–Crippen LogP) is 1.11. The third kappa shape index (κ3) is 13.0. The Bertz CT molecular complexity index is 317. The Morgan fingerprint density at radius 3 is 1.04 bits per heavy atom. The molecule has 0 aromatic rings. The highest BCUT2D eigenvalue weighted by molar-refractivity contribution is 6.18. The van der Waals surface area contributed by atoms with E-state index in [0.29, 0.717) is 24.8 Å². The Balaban J connectivity index is -0.00000156. The SMILES string of the molecule is Cl.Cl.Cl.Cl.OC(CCl)CN1CCN(CCN2CCN(CC(O)CCl)CC2)CC1. The minimum Gasteiger partial charge on any atom is -0.391 e. The second kappa shape index (κ2) is 19.2. The lowest BCUT2D eigenvalue weighted by Gasteiger charge is -2.38. The van der Waals surface area contributed by atoms with Crippen molar-refractivity contribution in [3.05, 3.63) is 0 Å². The first kappa shape index (κ1) is 34.1. The minimum absolute atomic E-state index is 0. The van der Waals surface area contributed by atoms with Gasteiger partial charge in [0, 0.05) is 90.3 Å². The highest BCUT2D eigenvalue weighted by Gasteiger charge is 2.21. The van der Waals surface area contributed by atoms with Crippen molar-refractivity contribution in [3.8, 4) is 0 Å². The lowest BCUT2D eigenvalue weighted by Crippen LogP contribution is -2.53. The van der Waals surface area contributed by atoms with Gasteiger partial charge in [0.05, 0.1) is 12.2 Å². The van der Waals surface area contributed by atoms with Crippen LogP contribution in [0.1, 0.15) is 0 Å². The van der Waals surface area contributed by atoms with Crippen molar-refractivity contribution in [2.75, 3.05) is 90.3 Å². The lowest BCUT2D eigenvalue weighted by molar-refractivity contribution is 0.0613. The summed E-state index contributed by atoms with van der Waals surface area (Å²) >= 11 is 11.3. The van der Waals surface area contributed by atoms with E-state index in [1.807, 2.05) is 0 Å². The fraction of sp³-hybridized carbons (Fsp3) is 1.00. The smallest absolute Gasteiger partial charge is 0.0802 e. The monoisotopic (exact) mass is 526 g/mol. The van der Waals surface area contributed by atoms with Gasteiger partial charge in [-0.05, 0) is 0 Å². The fourth-order valence-electron chi connectivity index (χ4n) is 3.37. The van der Waals surface area contributed by atoms with Gasteiger partial charge in [0.15, 0.2) is 0 Å². The summed E-state index contributed by atoms with van der Waals surface area (Å²) in [5.41, 5.74) is 0. The molecule has 0 saturated carbocycles. The number of hydrogen-bond acceptors (Lipinski definition) is 6. The Kier molecular flexibility index (Phi) is 23.4. The van der Waals surface area contributed by atoms with Crippen LogP contribution in [-0.4, -0.2) is 132 Å². The van der Waals surface area contributed by atoms with Crippen molar-refractivity contribution in [1.82, 2.24) is 19.6 Å². The molecule has 2 fully saturated rings. The van der Waals surface area contributed by atoms with Gasteiger partial charge in [-0.25, -0.2) is 0 Å². The van der Waals surface area contributed by atoms with Gasteiger partial charge in [0.25, 0.3) is 0 Å². The van der Waals surface area contributed by atoms with Crippen LogP contribution in [0, 0.1) is 0 Å². The Hall–Kier alpha value is 1.50. The van der Waals surface area contributed by atoms with Gasteiger partial charge in [-0.2, -0.15) is 0 Å². The molecular weight excluding hydrogens is 493 g/mol. The molecule has 0 aliphatic carbocycles. The van der Waals surface area contributed by atoms with Crippen LogP contribution < -0.4 is 0 Å². The molecule has 2 aliphatic rings. The minimum atomic E-state index is -0.410. The zero-order valence-electron chi connectivity index (χ0n) is 16.1. The molecule has 12 heteroatoms. The van der Waals surface area contributed by atoms with E-state index in [4.69, 9.17) is 23.2 Å². The van der Waals surface area contributed by atoms with E-state index in [9.17, 15) is 10.2 Å². The number of piperazine rings is 2. The molecule has 2 N–H and O–H groups in total. The molecule has 0 spiro atoms. The van der Waals surface area contributed by atoms with Crippen molar-refractivity contribution >= 4 is 72.8 Å². The second-order valence-electron chi connectivity index (χ2n) is 6.90. The summed E-state index contributed by atoms with van der Waals surface area (Å²) in [4.78, 5) is 9.61. The molecule has 0 bridgehead atoms. The first-order chi connectivity index (χ1) is 11.6. The average molecular weight is 529 g/mol.